The third kappa shape index (κ3) is 5.57. The van der Waals surface area contributed by atoms with E-state index in [1.165, 1.54) is 6.08 Å². The predicted octanol–water partition coefficient (Wildman–Crippen LogP) is 2.47. The molecule has 0 heterocycles. The van der Waals surface area contributed by atoms with Gasteiger partial charge in [0.25, 0.3) is 0 Å². The van der Waals surface area contributed by atoms with Crippen molar-refractivity contribution in [1.82, 2.24) is 5.32 Å². The number of benzene rings is 1. The summed E-state index contributed by atoms with van der Waals surface area (Å²) in [4.78, 5) is 11.1. The third-order valence-corrected chi connectivity index (χ3v) is 2.68. The van der Waals surface area contributed by atoms with Gasteiger partial charge in [0.2, 0.25) is 0 Å². The molecule has 0 spiro atoms. The first-order valence-electron chi connectivity index (χ1n) is 6.38. The molecular formula is C15H21NO3. The van der Waals surface area contributed by atoms with E-state index in [4.69, 9.17) is 9.47 Å². The largest absolute Gasteiger partial charge is 0.497 e. The first-order valence-corrected chi connectivity index (χ1v) is 6.38. The van der Waals surface area contributed by atoms with Crippen molar-refractivity contribution in [3.05, 3.63) is 42.0 Å². The van der Waals surface area contributed by atoms with Gasteiger partial charge in [-0.15, -0.1) is 0 Å². The van der Waals surface area contributed by atoms with Crippen molar-refractivity contribution >= 4 is 5.97 Å². The van der Waals surface area contributed by atoms with Crippen LogP contribution in [0.5, 0.6) is 5.75 Å². The zero-order valence-electron chi connectivity index (χ0n) is 11.7. The second-order valence-electron chi connectivity index (χ2n) is 4.06. The third-order valence-electron chi connectivity index (χ3n) is 2.68. The fourth-order valence-corrected chi connectivity index (χ4v) is 1.62. The number of carbonyl (C=O) groups excluding carboxylic acids is 1. The van der Waals surface area contributed by atoms with Crippen LogP contribution in [0, 0.1) is 0 Å². The molecule has 4 heteroatoms. The molecule has 0 aromatic heterocycles. The van der Waals surface area contributed by atoms with Crippen LogP contribution in [0.1, 0.15) is 25.5 Å². The number of hydrogen-bond donors (Lipinski definition) is 1. The quantitative estimate of drug-likeness (QED) is 0.606. The molecule has 0 fully saturated rings. The summed E-state index contributed by atoms with van der Waals surface area (Å²) in [6.07, 6.45) is 3.20. The maximum Gasteiger partial charge on any atom is 0.330 e. The Morgan fingerprint density at radius 3 is 2.95 bits per heavy atom. The topological polar surface area (TPSA) is 47.6 Å². The molecule has 1 aromatic rings. The molecular weight excluding hydrogens is 242 g/mol. The molecule has 0 aliphatic rings. The van der Waals surface area contributed by atoms with E-state index in [-0.39, 0.29) is 12.0 Å². The summed E-state index contributed by atoms with van der Waals surface area (Å²) >= 11 is 0. The zero-order chi connectivity index (χ0) is 14.1. The monoisotopic (exact) mass is 263 g/mol. The lowest BCUT2D eigenvalue weighted by atomic mass is 10.1. The molecule has 0 saturated heterocycles. The van der Waals surface area contributed by atoms with Gasteiger partial charge in [-0.2, -0.15) is 0 Å². The molecule has 0 aliphatic carbocycles. The lowest BCUT2D eigenvalue weighted by molar-refractivity contribution is -0.137. The van der Waals surface area contributed by atoms with Crippen LogP contribution in [0.4, 0.5) is 0 Å². The van der Waals surface area contributed by atoms with Crippen molar-refractivity contribution in [2.75, 3.05) is 20.3 Å². The number of carbonyl (C=O) groups is 1. The van der Waals surface area contributed by atoms with Crippen molar-refractivity contribution < 1.29 is 14.3 Å². The SMILES string of the molecule is CCOC(=O)/C=C/CN[C@@H](C)c1cccc(OC)c1. The lowest BCUT2D eigenvalue weighted by Gasteiger charge is -2.13. The molecule has 0 bridgehead atoms. The van der Waals surface area contributed by atoms with Crippen LogP contribution < -0.4 is 10.1 Å². The van der Waals surface area contributed by atoms with E-state index in [0.717, 1.165) is 11.3 Å². The van der Waals surface area contributed by atoms with Crippen LogP contribution in [0.3, 0.4) is 0 Å². The number of rotatable bonds is 7. The molecule has 0 amide bonds. The van der Waals surface area contributed by atoms with Crippen LogP contribution in [-0.4, -0.2) is 26.2 Å². The predicted molar refractivity (Wildman–Crippen MR) is 75.2 cm³/mol. The summed E-state index contributed by atoms with van der Waals surface area (Å²) in [5, 5.41) is 3.30. The molecule has 0 unspecified atom stereocenters. The standard InChI is InChI=1S/C15H21NO3/c1-4-19-15(17)9-6-10-16-12(2)13-7-5-8-14(11-13)18-3/h5-9,11-12,16H,4,10H2,1-3H3/b9-6+/t12-/m0/s1. The Morgan fingerprint density at radius 2 is 2.26 bits per heavy atom. The molecule has 104 valence electrons. The maximum atomic E-state index is 11.1. The van der Waals surface area contributed by atoms with Gasteiger partial charge in [-0.05, 0) is 31.5 Å². The van der Waals surface area contributed by atoms with Gasteiger partial charge in [0, 0.05) is 18.7 Å². The Kier molecular flexibility index (Phi) is 6.68. The first kappa shape index (κ1) is 15.2. The molecule has 0 aliphatic heterocycles. The van der Waals surface area contributed by atoms with Crippen LogP contribution in [0.2, 0.25) is 0 Å². The summed E-state index contributed by atoms with van der Waals surface area (Å²) < 4.78 is 9.98. The van der Waals surface area contributed by atoms with Gasteiger partial charge in [0.1, 0.15) is 5.75 Å². The summed E-state index contributed by atoms with van der Waals surface area (Å²) in [5.74, 6) is 0.534. The molecule has 1 rings (SSSR count). The summed E-state index contributed by atoms with van der Waals surface area (Å²) in [5.41, 5.74) is 1.14. The van der Waals surface area contributed by atoms with Crippen LogP contribution in [0.15, 0.2) is 36.4 Å². The van der Waals surface area contributed by atoms with Gasteiger partial charge < -0.3 is 14.8 Å². The first-order chi connectivity index (χ1) is 9.17. The molecule has 0 saturated carbocycles. The second-order valence-corrected chi connectivity index (χ2v) is 4.06. The fourth-order valence-electron chi connectivity index (χ4n) is 1.62. The van der Waals surface area contributed by atoms with E-state index < -0.39 is 0 Å². The number of nitrogens with one attached hydrogen (secondary N) is 1. The van der Waals surface area contributed by atoms with Crippen molar-refractivity contribution in [2.45, 2.75) is 19.9 Å². The van der Waals surface area contributed by atoms with Gasteiger partial charge in [0.05, 0.1) is 13.7 Å². The van der Waals surface area contributed by atoms with Crippen LogP contribution in [0.25, 0.3) is 0 Å². The van der Waals surface area contributed by atoms with Gasteiger partial charge in [-0.3, -0.25) is 0 Å². The maximum absolute atomic E-state index is 11.1. The fraction of sp³-hybridized carbons (Fsp3) is 0.400. The van der Waals surface area contributed by atoms with Crippen LogP contribution in [-0.2, 0) is 9.53 Å². The Morgan fingerprint density at radius 1 is 1.47 bits per heavy atom. The minimum atomic E-state index is -0.307. The summed E-state index contributed by atoms with van der Waals surface area (Å²) in [6, 6.07) is 8.08. The molecule has 19 heavy (non-hydrogen) atoms. The van der Waals surface area contributed by atoms with E-state index in [0.29, 0.717) is 13.2 Å². The average molecular weight is 263 g/mol. The molecule has 1 aromatic carbocycles. The van der Waals surface area contributed by atoms with E-state index >= 15 is 0 Å². The highest BCUT2D eigenvalue weighted by atomic mass is 16.5. The highest BCUT2D eigenvalue weighted by molar-refractivity contribution is 5.81. The van der Waals surface area contributed by atoms with E-state index in [9.17, 15) is 4.79 Å². The molecule has 0 radical (unpaired) electrons. The average Bonchev–Trinajstić information content (AvgIpc) is 2.43. The molecule has 1 atom stereocenters. The van der Waals surface area contributed by atoms with E-state index in [2.05, 4.69) is 12.2 Å². The highest BCUT2D eigenvalue weighted by Gasteiger charge is 2.04. The Labute approximate surface area is 114 Å². The molecule has 4 nitrogen and oxygen atoms in total. The van der Waals surface area contributed by atoms with Crippen molar-refractivity contribution in [3.8, 4) is 5.75 Å². The van der Waals surface area contributed by atoms with Crippen molar-refractivity contribution in [3.63, 3.8) is 0 Å². The summed E-state index contributed by atoms with van der Waals surface area (Å²) in [6.45, 7) is 4.86. The number of hydrogen-bond acceptors (Lipinski definition) is 4. The number of methoxy groups -OCH3 is 1. The Balaban J connectivity index is 2.42. The van der Waals surface area contributed by atoms with Gasteiger partial charge >= 0.3 is 5.97 Å². The summed E-state index contributed by atoms with van der Waals surface area (Å²) in [7, 11) is 1.65. The smallest absolute Gasteiger partial charge is 0.330 e. The minimum absolute atomic E-state index is 0.182. The van der Waals surface area contributed by atoms with Gasteiger partial charge in [0.15, 0.2) is 0 Å². The van der Waals surface area contributed by atoms with E-state index in [1.807, 2.05) is 24.3 Å². The lowest BCUT2D eigenvalue weighted by Crippen LogP contribution is -2.18. The van der Waals surface area contributed by atoms with Crippen LogP contribution >= 0.6 is 0 Å². The van der Waals surface area contributed by atoms with Gasteiger partial charge in [-0.25, -0.2) is 4.79 Å². The zero-order valence-corrected chi connectivity index (χ0v) is 11.7. The number of esters is 1. The van der Waals surface area contributed by atoms with Crippen molar-refractivity contribution in [2.24, 2.45) is 0 Å². The Hall–Kier alpha value is -1.81. The van der Waals surface area contributed by atoms with Gasteiger partial charge in [-0.1, -0.05) is 18.2 Å². The Bertz CT molecular complexity index is 429. The normalized spacial score (nSPS) is 12.4. The van der Waals surface area contributed by atoms with Crippen molar-refractivity contribution in [1.29, 1.82) is 0 Å². The second kappa shape index (κ2) is 8.32. The highest BCUT2D eigenvalue weighted by Crippen LogP contribution is 2.18. The minimum Gasteiger partial charge on any atom is -0.497 e. The van der Waals surface area contributed by atoms with E-state index in [1.54, 1.807) is 20.1 Å². The molecule has 1 N–H and O–H groups in total. The number of ether oxygens (including phenoxy) is 2.